The van der Waals surface area contributed by atoms with Gasteiger partial charge in [-0.25, -0.2) is 0 Å². The Morgan fingerprint density at radius 1 is 0.923 bits per heavy atom. The molecule has 0 aromatic carbocycles. The van der Waals surface area contributed by atoms with Gasteiger partial charge in [-0.2, -0.15) is 0 Å². The van der Waals surface area contributed by atoms with E-state index in [2.05, 4.69) is 10.0 Å². The van der Waals surface area contributed by atoms with E-state index in [-0.39, 0.29) is 0 Å². The van der Waals surface area contributed by atoms with Crippen molar-refractivity contribution >= 4 is 0 Å². The van der Waals surface area contributed by atoms with Gasteiger partial charge in [0.15, 0.2) is 12.6 Å². The molecule has 2 fully saturated rings. The molecule has 0 bridgehead atoms. The summed E-state index contributed by atoms with van der Waals surface area (Å²) < 4.78 is 21.0. The Labute approximate surface area is 147 Å². The molecule has 6 N–H and O–H groups in total. The maximum absolute atomic E-state index is 10.5. The van der Waals surface area contributed by atoms with E-state index in [9.17, 15) is 30.6 Å². The third kappa shape index (κ3) is 4.08. The molecule has 0 aromatic rings. The largest absolute Gasteiger partial charge is 0.394 e. The van der Waals surface area contributed by atoms with Crippen LogP contribution in [0.2, 0.25) is 0 Å². The molecule has 2 aliphatic heterocycles. The number of aliphatic hydroxyl groups excluding tert-OH is 6. The fourth-order valence-electron chi connectivity index (χ4n) is 2.93. The molecular weight excluding hydrogens is 358 g/mol. The first kappa shape index (κ1) is 21.2. The quantitative estimate of drug-likeness (QED) is 0.152. The highest BCUT2D eigenvalue weighted by Gasteiger charge is 2.50. The molecule has 13 nitrogen and oxygen atoms in total. The van der Waals surface area contributed by atoms with E-state index in [0.29, 0.717) is 0 Å². The Morgan fingerprint density at radius 2 is 1.54 bits per heavy atom. The topological polar surface area (TPSA) is 207 Å². The van der Waals surface area contributed by atoms with Crippen molar-refractivity contribution in [3.63, 3.8) is 0 Å². The van der Waals surface area contributed by atoms with E-state index in [4.69, 9.17) is 24.5 Å². The van der Waals surface area contributed by atoms with Crippen LogP contribution in [0.4, 0.5) is 0 Å². The molecule has 0 spiro atoms. The Bertz CT molecular complexity index is 505. The maximum atomic E-state index is 10.5. The molecule has 0 saturated carbocycles. The summed E-state index contributed by atoms with van der Waals surface area (Å²) >= 11 is 0. The normalized spacial score (nSPS) is 46.6. The first-order chi connectivity index (χ1) is 12.4. The van der Waals surface area contributed by atoms with Crippen molar-refractivity contribution < 1.29 is 49.6 Å². The highest BCUT2D eigenvalue weighted by atomic mass is 16.7. The fourth-order valence-corrected chi connectivity index (χ4v) is 2.93. The molecule has 10 atom stereocenters. The minimum absolute atomic E-state index is 0.609. The highest BCUT2D eigenvalue weighted by Crippen LogP contribution is 2.30. The van der Waals surface area contributed by atoms with Gasteiger partial charge in [0, 0.05) is 12.0 Å². The molecule has 0 unspecified atom stereocenters. The predicted molar refractivity (Wildman–Crippen MR) is 80.3 cm³/mol. The first-order valence-corrected chi connectivity index (χ1v) is 7.86. The lowest BCUT2D eigenvalue weighted by molar-refractivity contribution is -0.345. The number of nitrogens with zero attached hydrogens (tertiary/aromatic N) is 3. The van der Waals surface area contributed by atoms with Gasteiger partial charge < -0.3 is 49.6 Å². The first-order valence-electron chi connectivity index (χ1n) is 7.86. The van der Waals surface area contributed by atoms with E-state index in [1.54, 1.807) is 0 Å². The molecule has 2 heterocycles. The standard InChI is InChI=1S/C13H23N3O10/c1-23-12-6(15-16-14)8(20)11(5(3-18)25-12)26-13-10(22)9(21)7(19)4(2-17)24-13/h4-13,17-22H,2-3H2,1H3/t4-,5-,6-,7+,8-,9+,10-,11-,12-,13+/m1/s1. The van der Waals surface area contributed by atoms with Gasteiger partial charge in [0.2, 0.25) is 0 Å². The molecule has 26 heavy (non-hydrogen) atoms. The average molecular weight is 381 g/mol. The summed E-state index contributed by atoms with van der Waals surface area (Å²) in [5, 5.41) is 62.1. The molecule has 0 aliphatic carbocycles. The van der Waals surface area contributed by atoms with E-state index < -0.39 is 74.6 Å². The zero-order valence-electron chi connectivity index (χ0n) is 13.8. The van der Waals surface area contributed by atoms with Crippen LogP contribution >= 0.6 is 0 Å². The second-order valence-corrected chi connectivity index (χ2v) is 5.95. The second-order valence-electron chi connectivity index (χ2n) is 5.95. The molecule has 2 rings (SSSR count). The van der Waals surface area contributed by atoms with Crippen molar-refractivity contribution in [1.29, 1.82) is 0 Å². The van der Waals surface area contributed by atoms with Crippen LogP contribution < -0.4 is 0 Å². The number of methoxy groups -OCH3 is 1. The number of rotatable bonds is 6. The number of hydrogen-bond donors (Lipinski definition) is 6. The lowest BCUT2D eigenvalue weighted by Crippen LogP contribution is -2.64. The van der Waals surface area contributed by atoms with Crippen molar-refractivity contribution in [3.8, 4) is 0 Å². The zero-order chi connectivity index (χ0) is 19.4. The third-order valence-corrected chi connectivity index (χ3v) is 4.38. The van der Waals surface area contributed by atoms with E-state index in [0.717, 1.165) is 0 Å². The molecule has 2 saturated heterocycles. The van der Waals surface area contributed by atoms with Crippen LogP contribution in [0.5, 0.6) is 0 Å². The summed E-state index contributed by atoms with van der Waals surface area (Å²) in [6.07, 6.45) is -12.9. The van der Waals surface area contributed by atoms with Gasteiger partial charge in [0.1, 0.15) is 42.7 Å². The fraction of sp³-hybridized carbons (Fsp3) is 1.00. The van der Waals surface area contributed by atoms with Gasteiger partial charge in [-0.05, 0) is 5.53 Å². The average Bonchev–Trinajstić information content (AvgIpc) is 2.65. The molecule has 13 heteroatoms. The minimum Gasteiger partial charge on any atom is -0.394 e. The van der Waals surface area contributed by atoms with Crippen molar-refractivity contribution in [2.24, 2.45) is 5.11 Å². The summed E-state index contributed by atoms with van der Waals surface area (Å²) in [5.41, 5.74) is 8.65. The van der Waals surface area contributed by atoms with E-state index >= 15 is 0 Å². The van der Waals surface area contributed by atoms with E-state index in [1.165, 1.54) is 7.11 Å². The number of azide groups is 1. The predicted octanol–water partition coefficient (Wildman–Crippen LogP) is -3.43. The van der Waals surface area contributed by atoms with Crippen LogP contribution in [-0.4, -0.2) is 112 Å². The smallest absolute Gasteiger partial charge is 0.187 e. The monoisotopic (exact) mass is 381 g/mol. The van der Waals surface area contributed by atoms with Crippen LogP contribution in [-0.2, 0) is 18.9 Å². The number of ether oxygens (including phenoxy) is 4. The summed E-state index contributed by atoms with van der Waals surface area (Å²) in [4.78, 5) is 2.60. The molecule has 2 aliphatic rings. The molecule has 0 aromatic heterocycles. The zero-order valence-corrected chi connectivity index (χ0v) is 13.8. The van der Waals surface area contributed by atoms with Gasteiger partial charge in [0.05, 0.1) is 19.3 Å². The maximum Gasteiger partial charge on any atom is 0.187 e. The Kier molecular flexibility index (Phi) is 7.52. The van der Waals surface area contributed by atoms with E-state index in [1.807, 2.05) is 0 Å². The molecular formula is C13H23N3O10. The van der Waals surface area contributed by atoms with Crippen LogP contribution in [0.3, 0.4) is 0 Å². The van der Waals surface area contributed by atoms with Gasteiger partial charge in [0.25, 0.3) is 0 Å². The highest BCUT2D eigenvalue weighted by molar-refractivity contribution is 4.96. The summed E-state index contributed by atoms with van der Waals surface area (Å²) in [5.74, 6) is 0. The summed E-state index contributed by atoms with van der Waals surface area (Å²) in [6, 6.07) is -1.22. The van der Waals surface area contributed by atoms with Gasteiger partial charge in [-0.15, -0.1) is 0 Å². The van der Waals surface area contributed by atoms with Crippen molar-refractivity contribution in [2.45, 2.75) is 61.3 Å². The van der Waals surface area contributed by atoms with Gasteiger partial charge >= 0.3 is 0 Å². The van der Waals surface area contributed by atoms with Crippen LogP contribution in [0.1, 0.15) is 0 Å². The molecule has 0 radical (unpaired) electrons. The van der Waals surface area contributed by atoms with Crippen molar-refractivity contribution in [3.05, 3.63) is 10.4 Å². The SMILES string of the molecule is CO[C@@H]1O[C@H](CO)[C@@H](O[C@@H]2O[C@H](CO)[C@H](O)[C@H](O)[C@H]2O)[C@H](O)[C@H]1N=[N+]=[N-]. The Balaban J connectivity index is 2.20. The number of aliphatic hydroxyl groups is 6. The van der Waals surface area contributed by atoms with Gasteiger partial charge in [-0.3, -0.25) is 0 Å². The Hall–Kier alpha value is -1.09. The summed E-state index contributed by atoms with van der Waals surface area (Å²) in [7, 11) is 1.25. The van der Waals surface area contributed by atoms with Crippen LogP contribution in [0, 0.1) is 0 Å². The van der Waals surface area contributed by atoms with Crippen molar-refractivity contribution in [1.82, 2.24) is 0 Å². The summed E-state index contributed by atoms with van der Waals surface area (Å²) in [6.45, 7) is -1.27. The number of hydrogen-bond acceptors (Lipinski definition) is 11. The second kappa shape index (κ2) is 9.21. The third-order valence-electron chi connectivity index (χ3n) is 4.38. The Morgan fingerprint density at radius 3 is 2.08 bits per heavy atom. The minimum atomic E-state index is -1.71. The molecule has 150 valence electrons. The van der Waals surface area contributed by atoms with Gasteiger partial charge in [-0.1, -0.05) is 5.11 Å². The lowest BCUT2D eigenvalue weighted by atomic mass is 9.96. The van der Waals surface area contributed by atoms with Crippen molar-refractivity contribution in [2.75, 3.05) is 20.3 Å². The lowest BCUT2D eigenvalue weighted by Gasteiger charge is -2.46. The molecule has 0 amide bonds. The van der Waals surface area contributed by atoms with Crippen LogP contribution in [0.15, 0.2) is 5.11 Å². The van der Waals surface area contributed by atoms with Crippen LogP contribution in [0.25, 0.3) is 10.4 Å².